The third kappa shape index (κ3) is 4.04. The lowest BCUT2D eigenvalue weighted by atomic mass is 10.1. The predicted molar refractivity (Wildman–Crippen MR) is 94.5 cm³/mol. The van der Waals surface area contributed by atoms with Gasteiger partial charge in [-0.25, -0.2) is 4.79 Å². The Labute approximate surface area is 149 Å². The fourth-order valence-corrected chi connectivity index (χ4v) is 2.44. The number of rotatable bonds is 5. The van der Waals surface area contributed by atoms with Crippen LogP contribution in [0.5, 0.6) is 0 Å². The van der Waals surface area contributed by atoms with Crippen LogP contribution in [0.25, 0.3) is 16.7 Å². The minimum atomic E-state index is -1.25. The van der Waals surface area contributed by atoms with Gasteiger partial charge in [0.05, 0.1) is 5.69 Å². The third-order valence-corrected chi connectivity index (χ3v) is 3.72. The summed E-state index contributed by atoms with van der Waals surface area (Å²) in [6.07, 6.45) is -1.10. The van der Waals surface area contributed by atoms with Gasteiger partial charge in [0.1, 0.15) is 11.0 Å². The van der Waals surface area contributed by atoms with E-state index in [-0.39, 0.29) is 12.0 Å². The summed E-state index contributed by atoms with van der Waals surface area (Å²) in [5, 5.41) is 19.3. The molecule has 128 valence electrons. The zero-order chi connectivity index (χ0) is 18.0. The maximum atomic E-state index is 11.4. The van der Waals surface area contributed by atoms with E-state index in [9.17, 15) is 9.90 Å². The van der Waals surface area contributed by atoms with Gasteiger partial charge in [0.2, 0.25) is 6.29 Å². The summed E-state index contributed by atoms with van der Waals surface area (Å²) in [6, 6.07) is 12.6. The van der Waals surface area contributed by atoms with Crippen LogP contribution in [-0.2, 0) is 16.0 Å². The minimum Gasteiger partial charge on any atom is -0.432 e. The molecule has 0 amide bonds. The first-order valence-electron chi connectivity index (χ1n) is 7.59. The van der Waals surface area contributed by atoms with Crippen LogP contribution in [0, 0.1) is 0 Å². The van der Waals surface area contributed by atoms with Gasteiger partial charge in [0.25, 0.3) is 0 Å². The van der Waals surface area contributed by atoms with Gasteiger partial charge in [-0.05, 0) is 42.8 Å². The van der Waals surface area contributed by atoms with Crippen LogP contribution in [0.2, 0.25) is 5.02 Å². The molecule has 0 fully saturated rings. The van der Waals surface area contributed by atoms with E-state index >= 15 is 0 Å². The SMILES string of the molecule is C=C(C)C(=O)OC(O)Cc1cccc(-n2nc3ccc(Cl)cc3n2)c1. The number of benzene rings is 2. The molecule has 0 aliphatic carbocycles. The minimum absolute atomic E-state index is 0.152. The van der Waals surface area contributed by atoms with Crippen molar-refractivity contribution < 1.29 is 14.6 Å². The van der Waals surface area contributed by atoms with Crippen LogP contribution in [0.4, 0.5) is 0 Å². The van der Waals surface area contributed by atoms with E-state index in [1.807, 2.05) is 24.3 Å². The highest BCUT2D eigenvalue weighted by Gasteiger charge is 2.13. The number of carbonyl (C=O) groups excluding carboxylic acids is 1. The molecule has 1 unspecified atom stereocenters. The summed E-state index contributed by atoms with van der Waals surface area (Å²) >= 11 is 5.97. The maximum absolute atomic E-state index is 11.4. The van der Waals surface area contributed by atoms with Gasteiger partial charge in [-0.1, -0.05) is 30.3 Å². The van der Waals surface area contributed by atoms with Crippen molar-refractivity contribution in [3.8, 4) is 5.69 Å². The lowest BCUT2D eigenvalue weighted by Gasteiger charge is -2.12. The number of nitrogens with zero attached hydrogens (tertiary/aromatic N) is 3. The molecule has 2 aromatic carbocycles. The Morgan fingerprint density at radius 2 is 2.04 bits per heavy atom. The third-order valence-electron chi connectivity index (χ3n) is 3.49. The highest BCUT2D eigenvalue weighted by atomic mass is 35.5. The number of aliphatic hydroxyl groups is 1. The first-order valence-corrected chi connectivity index (χ1v) is 7.96. The summed E-state index contributed by atoms with van der Waals surface area (Å²) < 4.78 is 4.89. The Morgan fingerprint density at radius 1 is 1.28 bits per heavy atom. The van der Waals surface area contributed by atoms with Gasteiger partial charge in [0.15, 0.2) is 0 Å². The van der Waals surface area contributed by atoms with Gasteiger partial charge < -0.3 is 9.84 Å². The molecular formula is C18H16ClN3O3. The van der Waals surface area contributed by atoms with Crippen LogP contribution in [-0.4, -0.2) is 32.4 Å². The average Bonchev–Trinajstić information content (AvgIpc) is 2.98. The number of esters is 1. The second-order valence-corrected chi connectivity index (χ2v) is 6.07. The second kappa shape index (κ2) is 7.04. The van der Waals surface area contributed by atoms with Crippen LogP contribution < -0.4 is 0 Å². The first kappa shape index (κ1) is 17.1. The Hall–Kier alpha value is -2.70. The summed E-state index contributed by atoms with van der Waals surface area (Å²) in [7, 11) is 0. The maximum Gasteiger partial charge on any atom is 0.335 e. The van der Waals surface area contributed by atoms with Crippen molar-refractivity contribution in [3.63, 3.8) is 0 Å². The van der Waals surface area contributed by atoms with E-state index in [2.05, 4.69) is 16.8 Å². The number of hydrogen-bond acceptors (Lipinski definition) is 5. The molecule has 1 aromatic heterocycles. The standard InChI is InChI=1S/C18H16ClN3O3/c1-11(2)18(24)25-17(23)9-12-4-3-5-14(8-12)22-20-15-7-6-13(19)10-16(15)21-22/h3-8,10,17,23H,1,9H2,2H3. The van der Waals surface area contributed by atoms with Crippen LogP contribution in [0.1, 0.15) is 12.5 Å². The fraction of sp³-hybridized carbons (Fsp3) is 0.167. The average molecular weight is 358 g/mol. The summed E-state index contributed by atoms with van der Waals surface area (Å²) in [5.41, 5.74) is 3.15. The molecule has 0 saturated heterocycles. The molecule has 0 saturated carbocycles. The van der Waals surface area contributed by atoms with Crippen LogP contribution in [0.15, 0.2) is 54.6 Å². The van der Waals surface area contributed by atoms with Gasteiger partial charge in [-0.15, -0.1) is 10.2 Å². The Kier molecular flexibility index (Phi) is 4.83. The number of aliphatic hydroxyl groups excluding tert-OH is 1. The topological polar surface area (TPSA) is 77.2 Å². The predicted octanol–water partition coefficient (Wildman–Crippen LogP) is 3.05. The highest BCUT2D eigenvalue weighted by Crippen LogP contribution is 2.18. The molecule has 3 aromatic rings. The van der Waals surface area contributed by atoms with Gasteiger partial charge in [-0.2, -0.15) is 4.80 Å². The quantitative estimate of drug-likeness (QED) is 0.431. The van der Waals surface area contributed by atoms with E-state index in [4.69, 9.17) is 16.3 Å². The molecule has 1 N–H and O–H groups in total. The van der Waals surface area contributed by atoms with E-state index in [1.54, 1.807) is 18.2 Å². The Balaban J connectivity index is 1.80. The van der Waals surface area contributed by atoms with Crippen molar-refractivity contribution in [3.05, 3.63) is 65.2 Å². The molecule has 6 nitrogen and oxygen atoms in total. The molecule has 0 bridgehead atoms. The van der Waals surface area contributed by atoms with E-state index in [0.717, 1.165) is 16.8 Å². The molecule has 3 rings (SSSR count). The van der Waals surface area contributed by atoms with E-state index in [1.165, 1.54) is 11.7 Å². The van der Waals surface area contributed by atoms with Crippen molar-refractivity contribution >= 4 is 28.6 Å². The van der Waals surface area contributed by atoms with Gasteiger partial charge in [0, 0.05) is 17.0 Å². The smallest absolute Gasteiger partial charge is 0.335 e. The number of fused-ring (bicyclic) bond motifs is 1. The Bertz CT molecular complexity index is 952. The molecule has 7 heteroatoms. The molecule has 1 atom stereocenters. The molecule has 0 spiro atoms. The van der Waals surface area contributed by atoms with Crippen molar-refractivity contribution in [1.29, 1.82) is 0 Å². The van der Waals surface area contributed by atoms with Crippen LogP contribution in [0.3, 0.4) is 0 Å². The number of hydrogen-bond donors (Lipinski definition) is 1. The van der Waals surface area contributed by atoms with Crippen molar-refractivity contribution in [2.24, 2.45) is 0 Å². The Morgan fingerprint density at radius 3 is 2.80 bits per heavy atom. The summed E-state index contributed by atoms with van der Waals surface area (Å²) in [5.74, 6) is -0.625. The van der Waals surface area contributed by atoms with E-state index in [0.29, 0.717) is 10.5 Å². The summed E-state index contributed by atoms with van der Waals surface area (Å²) in [6.45, 7) is 5.00. The monoisotopic (exact) mass is 357 g/mol. The van der Waals surface area contributed by atoms with Crippen molar-refractivity contribution in [2.45, 2.75) is 19.6 Å². The second-order valence-electron chi connectivity index (χ2n) is 5.64. The summed E-state index contributed by atoms with van der Waals surface area (Å²) in [4.78, 5) is 12.9. The fourth-order valence-electron chi connectivity index (χ4n) is 2.28. The number of halogens is 1. The van der Waals surface area contributed by atoms with Gasteiger partial charge >= 0.3 is 5.97 Å². The van der Waals surface area contributed by atoms with Crippen LogP contribution >= 0.6 is 11.6 Å². The van der Waals surface area contributed by atoms with E-state index < -0.39 is 12.3 Å². The molecule has 0 aliphatic rings. The lowest BCUT2D eigenvalue weighted by Crippen LogP contribution is -2.20. The highest BCUT2D eigenvalue weighted by molar-refractivity contribution is 6.31. The van der Waals surface area contributed by atoms with Crippen molar-refractivity contribution in [1.82, 2.24) is 15.0 Å². The van der Waals surface area contributed by atoms with Gasteiger partial charge in [-0.3, -0.25) is 0 Å². The molecule has 1 heterocycles. The zero-order valence-electron chi connectivity index (χ0n) is 13.5. The zero-order valence-corrected chi connectivity index (χ0v) is 14.3. The lowest BCUT2D eigenvalue weighted by molar-refractivity contribution is -0.162. The largest absolute Gasteiger partial charge is 0.432 e. The first-order chi connectivity index (χ1) is 11.9. The van der Waals surface area contributed by atoms with Crippen molar-refractivity contribution in [2.75, 3.05) is 0 Å². The molecule has 0 aliphatic heterocycles. The number of aromatic nitrogens is 3. The molecule has 25 heavy (non-hydrogen) atoms. The number of ether oxygens (including phenoxy) is 1. The normalized spacial score (nSPS) is 12.1. The molecular weight excluding hydrogens is 342 g/mol. The molecule has 0 radical (unpaired) electrons. The number of carbonyl (C=O) groups is 1.